The highest BCUT2D eigenvalue weighted by Crippen LogP contribution is 2.20. The predicted molar refractivity (Wildman–Crippen MR) is 100 cm³/mol. The van der Waals surface area contributed by atoms with E-state index >= 15 is 0 Å². The Balaban J connectivity index is 1.72. The number of para-hydroxylation sites is 1. The number of aryl methyl sites for hydroxylation is 1. The van der Waals surface area contributed by atoms with Crippen LogP contribution in [0, 0.1) is 6.92 Å². The zero-order valence-corrected chi connectivity index (χ0v) is 14.7. The summed E-state index contributed by atoms with van der Waals surface area (Å²) in [6.45, 7) is 1.91. The second-order valence-electron chi connectivity index (χ2n) is 6.65. The summed E-state index contributed by atoms with van der Waals surface area (Å²) in [6.07, 6.45) is 4.20. The molecule has 1 aliphatic carbocycles. The Hall–Kier alpha value is -2.95. The third-order valence-electron chi connectivity index (χ3n) is 4.63. The molecule has 1 aliphatic rings. The fourth-order valence-corrected chi connectivity index (χ4v) is 3.14. The van der Waals surface area contributed by atoms with Crippen LogP contribution < -0.4 is 10.6 Å². The Morgan fingerprint density at radius 2 is 1.58 bits per heavy atom. The van der Waals surface area contributed by atoms with Gasteiger partial charge >= 0.3 is 0 Å². The van der Waals surface area contributed by atoms with Gasteiger partial charge in [0.15, 0.2) is 0 Å². The van der Waals surface area contributed by atoms with Crippen molar-refractivity contribution in [2.75, 3.05) is 5.32 Å². The molecule has 5 nitrogen and oxygen atoms in total. The van der Waals surface area contributed by atoms with Crippen molar-refractivity contribution < 1.29 is 14.4 Å². The zero-order valence-electron chi connectivity index (χ0n) is 14.7. The quantitative estimate of drug-likeness (QED) is 0.640. The van der Waals surface area contributed by atoms with Gasteiger partial charge in [-0.1, -0.05) is 54.8 Å². The lowest BCUT2D eigenvalue weighted by atomic mass is 10.1. The highest BCUT2D eigenvalue weighted by atomic mass is 16.2. The van der Waals surface area contributed by atoms with Crippen molar-refractivity contribution in [2.24, 2.45) is 0 Å². The molecule has 0 saturated heterocycles. The van der Waals surface area contributed by atoms with Gasteiger partial charge in [-0.2, -0.15) is 0 Å². The first-order chi connectivity index (χ1) is 12.5. The second kappa shape index (κ2) is 7.95. The highest BCUT2D eigenvalue weighted by molar-refractivity contribution is 6.46. The molecule has 0 heterocycles. The summed E-state index contributed by atoms with van der Waals surface area (Å²) in [5.41, 5.74) is 2.04. The van der Waals surface area contributed by atoms with Gasteiger partial charge in [0.25, 0.3) is 17.6 Å². The molecule has 0 atom stereocenters. The Kier molecular flexibility index (Phi) is 5.46. The molecule has 134 valence electrons. The summed E-state index contributed by atoms with van der Waals surface area (Å²) in [4.78, 5) is 37.2. The molecule has 0 unspecified atom stereocenters. The zero-order chi connectivity index (χ0) is 18.5. The second-order valence-corrected chi connectivity index (χ2v) is 6.65. The van der Waals surface area contributed by atoms with Crippen LogP contribution in [0.5, 0.6) is 0 Å². The molecular weight excluding hydrogens is 328 g/mol. The number of Topliss-reactive ketones (excluding diaryl/α,β-unsaturated/α-hetero) is 1. The smallest absolute Gasteiger partial charge is 0.296 e. The van der Waals surface area contributed by atoms with Crippen LogP contribution in [0.15, 0.2) is 48.5 Å². The molecule has 0 spiro atoms. The largest absolute Gasteiger partial charge is 0.349 e. The van der Waals surface area contributed by atoms with E-state index in [9.17, 15) is 14.4 Å². The van der Waals surface area contributed by atoms with Gasteiger partial charge < -0.3 is 10.6 Å². The number of ketones is 1. The molecule has 1 saturated carbocycles. The van der Waals surface area contributed by atoms with Crippen molar-refractivity contribution in [3.05, 3.63) is 65.2 Å². The standard InChI is InChI=1S/C21H22N2O3/c1-14-10-12-15(13-11-14)19(24)21(26)23-18-9-5-4-8-17(18)20(25)22-16-6-2-3-7-16/h4-5,8-13,16H,2-3,6-7H2,1H3,(H,22,25)(H,23,26). The van der Waals surface area contributed by atoms with Crippen LogP contribution in [0.3, 0.4) is 0 Å². The third kappa shape index (κ3) is 4.17. The number of hydrogen-bond acceptors (Lipinski definition) is 3. The molecule has 2 aromatic carbocycles. The van der Waals surface area contributed by atoms with Crippen LogP contribution in [-0.2, 0) is 4.79 Å². The van der Waals surface area contributed by atoms with E-state index in [0.717, 1.165) is 31.2 Å². The van der Waals surface area contributed by atoms with Crippen molar-refractivity contribution in [1.82, 2.24) is 5.32 Å². The number of carbonyl (C=O) groups excluding carboxylic acids is 3. The van der Waals surface area contributed by atoms with Gasteiger partial charge in [-0.3, -0.25) is 14.4 Å². The first kappa shape index (κ1) is 17.9. The van der Waals surface area contributed by atoms with Crippen molar-refractivity contribution in [1.29, 1.82) is 0 Å². The van der Waals surface area contributed by atoms with Gasteiger partial charge in [-0.25, -0.2) is 0 Å². The molecule has 5 heteroatoms. The summed E-state index contributed by atoms with van der Waals surface area (Å²) in [5, 5.41) is 5.58. The molecule has 0 radical (unpaired) electrons. The Morgan fingerprint density at radius 1 is 0.923 bits per heavy atom. The molecule has 0 bridgehead atoms. The number of nitrogens with one attached hydrogen (secondary N) is 2. The number of amides is 2. The van der Waals surface area contributed by atoms with Gasteiger partial charge in [-0.15, -0.1) is 0 Å². The maximum absolute atomic E-state index is 12.5. The van der Waals surface area contributed by atoms with E-state index in [1.54, 1.807) is 48.5 Å². The van der Waals surface area contributed by atoms with Crippen LogP contribution >= 0.6 is 0 Å². The number of hydrogen-bond donors (Lipinski definition) is 2. The number of rotatable bonds is 5. The van der Waals surface area contributed by atoms with Crippen molar-refractivity contribution in [2.45, 2.75) is 38.6 Å². The normalized spacial score (nSPS) is 14.0. The average Bonchev–Trinajstić information content (AvgIpc) is 3.15. The van der Waals surface area contributed by atoms with Gasteiger partial charge in [0.2, 0.25) is 0 Å². The van der Waals surface area contributed by atoms with Crippen LogP contribution in [-0.4, -0.2) is 23.6 Å². The minimum absolute atomic E-state index is 0.181. The maximum atomic E-state index is 12.5. The van der Waals surface area contributed by atoms with E-state index < -0.39 is 11.7 Å². The minimum atomic E-state index is -0.755. The lowest BCUT2D eigenvalue weighted by molar-refractivity contribution is -0.112. The number of carbonyl (C=O) groups is 3. The Morgan fingerprint density at radius 3 is 2.27 bits per heavy atom. The van der Waals surface area contributed by atoms with E-state index in [4.69, 9.17) is 0 Å². The van der Waals surface area contributed by atoms with Crippen molar-refractivity contribution in [3.8, 4) is 0 Å². The fourth-order valence-electron chi connectivity index (χ4n) is 3.14. The van der Waals surface area contributed by atoms with E-state index in [-0.39, 0.29) is 11.9 Å². The van der Waals surface area contributed by atoms with Crippen molar-refractivity contribution in [3.63, 3.8) is 0 Å². The van der Waals surface area contributed by atoms with E-state index in [0.29, 0.717) is 16.8 Å². The molecule has 2 aromatic rings. The number of anilines is 1. The van der Waals surface area contributed by atoms with Crippen LogP contribution in [0.1, 0.15) is 52.0 Å². The van der Waals surface area contributed by atoms with E-state index in [1.807, 2.05) is 6.92 Å². The van der Waals surface area contributed by atoms with Gasteiger partial charge in [0.05, 0.1) is 11.3 Å². The van der Waals surface area contributed by atoms with Gasteiger partial charge in [0, 0.05) is 11.6 Å². The fraction of sp³-hybridized carbons (Fsp3) is 0.286. The number of benzene rings is 2. The molecule has 1 fully saturated rings. The SMILES string of the molecule is Cc1ccc(C(=O)C(=O)Nc2ccccc2C(=O)NC2CCCC2)cc1. The van der Waals surface area contributed by atoms with Crippen molar-refractivity contribution >= 4 is 23.3 Å². The van der Waals surface area contributed by atoms with E-state index in [2.05, 4.69) is 10.6 Å². The first-order valence-electron chi connectivity index (χ1n) is 8.87. The third-order valence-corrected chi connectivity index (χ3v) is 4.63. The monoisotopic (exact) mass is 350 g/mol. The van der Waals surface area contributed by atoms with Gasteiger partial charge in [-0.05, 0) is 31.9 Å². The Bertz CT molecular complexity index is 821. The molecule has 3 rings (SSSR count). The topological polar surface area (TPSA) is 75.3 Å². The average molecular weight is 350 g/mol. The summed E-state index contributed by atoms with van der Waals surface area (Å²) >= 11 is 0. The molecule has 0 aliphatic heterocycles. The summed E-state index contributed by atoms with van der Waals surface area (Å²) in [7, 11) is 0. The minimum Gasteiger partial charge on any atom is -0.349 e. The first-order valence-corrected chi connectivity index (χ1v) is 8.87. The molecular formula is C21H22N2O3. The molecule has 0 aromatic heterocycles. The van der Waals surface area contributed by atoms with E-state index in [1.165, 1.54) is 0 Å². The Labute approximate surface area is 152 Å². The van der Waals surface area contributed by atoms with Gasteiger partial charge in [0.1, 0.15) is 0 Å². The maximum Gasteiger partial charge on any atom is 0.296 e. The summed E-state index contributed by atoms with van der Waals surface area (Å²) in [5.74, 6) is -1.61. The molecule has 2 N–H and O–H groups in total. The summed E-state index contributed by atoms with van der Waals surface area (Å²) in [6, 6.07) is 13.7. The van der Waals surface area contributed by atoms with Crippen LogP contribution in [0.4, 0.5) is 5.69 Å². The highest BCUT2D eigenvalue weighted by Gasteiger charge is 2.22. The lowest BCUT2D eigenvalue weighted by Gasteiger charge is -2.14. The molecule has 26 heavy (non-hydrogen) atoms. The molecule has 2 amide bonds. The summed E-state index contributed by atoms with van der Waals surface area (Å²) < 4.78 is 0. The van der Waals surface area contributed by atoms with Crippen LogP contribution in [0.2, 0.25) is 0 Å². The van der Waals surface area contributed by atoms with Crippen LogP contribution in [0.25, 0.3) is 0 Å². The lowest BCUT2D eigenvalue weighted by Crippen LogP contribution is -2.33. The predicted octanol–water partition coefficient (Wildman–Crippen LogP) is 3.49.